The highest BCUT2D eigenvalue weighted by Gasteiger charge is 2.12. The second kappa shape index (κ2) is 5.89. The van der Waals surface area contributed by atoms with Gasteiger partial charge in [-0.15, -0.1) is 0 Å². The van der Waals surface area contributed by atoms with Gasteiger partial charge in [-0.3, -0.25) is 9.48 Å². The Hall–Kier alpha value is -2.81. The number of hydrogen-bond donors (Lipinski definition) is 1. The monoisotopic (exact) mass is 270 g/mol. The zero-order valence-corrected chi connectivity index (χ0v) is 11.3. The number of aromatic nitrogens is 2. The Morgan fingerprint density at radius 2 is 2.35 bits per heavy atom. The largest absolute Gasteiger partial charge is 0.497 e. The molecule has 0 spiro atoms. The molecule has 0 unspecified atom stereocenters. The number of methoxy groups -OCH3 is 1. The standard InChI is InChI=1S/C14H14N4O2/c1-18-14(11(8-15)9-16-18)17-13(19)7-10-4-3-5-12(6-10)20-2/h3-6,9H,7H2,1-2H3,(H,17,19). The number of rotatable bonds is 4. The molecule has 0 radical (unpaired) electrons. The molecule has 1 heterocycles. The van der Waals surface area contributed by atoms with Crippen LogP contribution in [-0.2, 0) is 18.3 Å². The first-order chi connectivity index (χ1) is 9.63. The van der Waals surface area contributed by atoms with E-state index in [2.05, 4.69) is 10.4 Å². The third kappa shape index (κ3) is 2.95. The maximum atomic E-state index is 12.0. The summed E-state index contributed by atoms with van der Waals surface area (Å²) in [4.78, 5) is 12.0. The highest BCUT2D eigenvalue weighted by Crippen LogP contribution is 2.15. The number of nitriles is 1. The number of nitrogens with one attached hydrogen (secondary N) is 1. The molecule has 102 valence electrons. The first-order valence-corrected chi connectivity index (χ1v) is 5.99. The van der Waals surface area contributed by atoms with Crippen LogP contribution in [0.4, 0.5) is 5.82 Å². The van der Waals surface area contributed by atoms with E-state index >= 15 is 0 Å². The summed E-state index contributed by atoms with van der Waals surface area (Å²) in [6, 6.07) is 9.27. The molecule has 0 bridgehead atoms. The molecule has 0 atom stereocenters. The van der Waals surface area contributed by atoms with Crippen molar-refractivity contribution in [2.45, 2.75) is 6.42 Å². The molecule has 1 aromatic heterocycles. The fourth-order valence-electron chi connectivity index (χ4n) is 1.81. The van der Waals surface area contributed by atoms with E-state index in [4.69, 9.17) is 10.00 Å². The predicted octanol–water partition coefficient (Wildman–Crippen LogP) is 1.48. The number of benzene rings is 1. The van der Waals surface area contributed by atoms with E-state index in [0.29, 0.717) is 17.1 Å². The fourth-order valence-corrected chi connectivity index (χ4v) is 1.81. The Morgan fingerprint density at radius 3 is 3.05 bits per heavy atom. The molecular formula is C14H14N4O2. The Labute approximate surface area is 116 Å². The summed E-state index contributed by atoms with van der Waals surface area (Å²) in [5, 5.41) is 15.6. The molecule has 0 fully saturated rings. The normalized spacial score (nSPS) is 9.85. The Kier molecular flexibility index (Phi) is 4.01. The lowest BCUT2D eigenvalue weighted by Crippen LogP contribution is -2.17. The van der Waals surface area contributed by atoms with Gasteiger partial charge in [-0.05, 0) is 17.7 Å². The quantitative estimate of drug-likeness (QED) is 0.912. The van der Waals surface area contributed by atoms with Crippen molar-refractivity contribution in [2.24, 2.45) is 7.05 Å². The Bertz CT molecular complexity index is 670. The molecular weight excluding hydrogens is 256 g/mol. The molecule has 0 aliphatic heterocycles. The van der Waals surface area contributed by atoms with E-state index in [9.17, 15) is 4.79 Å². The number of hydrogen-bond acceptors (Lipinski definition) is 4. The van der Waals surface area contributed by atoms with E-state index in [1.54, 1.807) is 20.2 Å². The maximum Gasteiger partial charge on any atom is 0.229 e. The molecule has 2 rings (SSSR count). The first-order valence-electron chi connectivity index (χ1n) is 5.99. The van der Waals surface area contributed by atoms with Gasteiger partial charge < -0.3 is 10.1 Å². The third-order valence-corrected chi connectivity index (χ3v) is 2.82. The van der Waals surface area contributed by atoms with Gasteiger partial charge in [-0.2, -0.15) is 10.4 Å². The lowest BCUT2D eigenvalue weighted by Gasteiger charge is -2.07. The Morgan fingerprint density at radius 1 is 1.55 bits per heavy atom. The zero-order chi connectivity index (χ0) is 14.5. The van der Waals surface area contributed by atoms with Crippen LogP contribution in [0.15, 0.2) is 30.5 Å². The Balaban J connectivity index is 2.09. The first kappa shape index (κ1) is 13.6. The highest BCUT2D eigenvalue weighted by molar-refractivity contribution is 5.92. The van der Waals surface area contributed by atoms with Gasteiger partial charge in [-0.1, -0.05) is 12.1 Å². The number of anilines is 1. The van der Waals surface area contributed by atoms with Gasteiger partial charge in [0.25, 0.3) is 0 Å². The molecule has 0 aliphatic rings. The van der Waals surface area contributed by atoms with E-state index < -0.39 is 0 Å². The lowest BCUT2D eigenvalue weighted by molar-refractivity contribution is -0.115. The number of nitrogens with zero attached hydrogens (tertiary/aromatic N) is 3. The summed E-state index contributed by atoms with van der Waals surface area (Å²) in [6.07, 6.45) is 1.62. The van der Waals surface area contributed by atoms with Crippen molar-refractivity contribution in [1.29, 1.82) is 5.26 Å². The number of amides is 1. The summed E-state index contributed by atoms with van der Waals surface area (Å²) < 4.78 is 6.57. The van der Waals surface area contributed by atoms with Gasteiger partial charge in [-0.25, -0.2) is 0 Å². The lowest BCUT2D eigenvalue weighted by atomic mass is 10.1. The third-order valence-electron chi connectivity index (χ3n) is 2.82. The topological polar surface area (TPSA) is 79.9 Å². The summed E-state index contributed by atoms with van der Waals surface area (Å²) in [5.74, 6) is 0.896. The van der Waals surface area contributed by atoms with Crippen LogP contribution < -0.4 is 10.1 Å². The van der Waals surface area contributed by atoms with Crippen LogP contribution in [0.2, 0.25) is 0 Å². The molecule has 0 aliphatic carbocycles. The van der Waals surface area contributed by atoms with E-state index in [0.717, 1.165) is 5.56 Å². The van der Waals surface area contributed by atoms with Crippen LogP contribution >= 0.6 is 0 Å². The van der Waals surface area contributed by atoms with Crippen molar-refractivity contribution in [3.8, 4) is 11.8 Å². The number of carbonyl (C=O) groups is 1. The van der Waals surface area contributed by atoms with Crippen LogP contribution in [0.5, 0.6) is 5.75 Å². The van der Waals surface area contributed by atoms with E-state index in [1.807, 2.05) is 24.3 Å². The van der Waals surface area contributed by atoms with Crippen LogP contribution in [0, 0.1) is 11.3 Å². The van der Waals surface area contributed by atoms with Crippen molar-refractivity contribution in [2.75, 3.05) is 12.4 Å². The molecule has 20 heavy (non-hydrogen) atoms. The predicted molar refractivity (Wildman–Crippen MR) is 73.3 cm³/mol. The van der Waals surface area contributed by atoms with Crippen LogP contribution in [0.25, 0.3) is 0 Å². The van der Waals surface area contributed by atoms with Crippen molar-refractivity contribution in [3.05, 3.63) is 41.6 Å². The molecule has 6 heteroatoms. The molecule has 1 amide bonds. The van der Waals surface area contributed by atoms with Gasteiger partial charge in [0, 0.05) is 7.05 Å². The minimum Gasteiger partial charge on any atom is -0.497 e. The van der Waals surface area contributed by atoms with Crippen molar-refractivity contribution in [1.82, 2.24) is 9.78 Å². The number of aryl methyl sites for hydroxylation is 1. The SMILES string of the molecule is COc1cccc(CC(=O)Nc2c(C#N)cnn2C)c1. The van der Waals surface area contributed by atoms with Gasteiger partial charge in [0.15, 0.2) is 0 Å². The van der Waals surface area contributed by atoms with Crippen LogP contribution in [-0.4, -0.2) is 22.8 Å². The summed E-state index contributed by atoms with van der Waals surface area (Å²) >= 11 is 0. The molecule has 1 aromatic carbocycles. The average Bonchev–Trinajstić information content (AvgIpc) is 2.79. The van der Waals surface area contributed by atoms with Gasteiger partial charge in [0.2, 0.25) is 5.91 Å². The highest BCUT2D eigenvalue weighted by atomic mass is 16.5. The van der Waals surface area contributed by atoms with Crippen LogP contribution in [0.1, 0.15) is 11.1 Å². The molecule has 2 aromatic rings. The average molecular weight is 270 g/mol. The van der Waals surface area contributed by atoms with Gasteiger partial charge in [0.05, 0.1) is 19.7 Å². The van der Waals surface area contributed by atoms with Crippen molar-refractivity contribution >= 4 is 11.7 Å². The van der Waals surface area contributed by atoms with Crippen molar-refractivity contribution in [3.63, 3.8) is 0 Å². The molecule has 0 saturated carbocycles. The number of ether oxygens (including phenoxy) is 1. The minimum atomic E-state index is -0.210. The second-order valence-corrected chi connectivity index (χ2v) is 4.22. The van der Waals surface area contributed by atoms with E-state index in [-0.39, 0.29) is 12.3 Å². The van der Waals surface area contributed by atoms with Gasteiger partial charge in [0.1, 0.15) is 23.2 Å². The number of carbonyl (C=O) groups excluding carboxylic acids is 1. The summed E-state index contributed by atoms with van der Waals surface area (Å²) in [7, 11) is 3.25. The summed E-state index contributed by atoms with van der Waals surface area (Å²) in [5.41, 5.74) is 1.18. The minimum absolute atomic E-state index is 0.202. The van der Waals surface area contributed by atoms with E-state index in [1.165, 1.54) is 10.9 Å². The fraction of sp³-hybridized carbons (Fsp3) is 0.214. The molecule has 1 N–H and O–H groups in total. The van der Waals surface area contributed by atoms with Gasteiger partial charge >= 0.3 is 0 Å². The molecule has 6 nitrogen and oxygen atoms in total. The zero-order valence-electron chi connectivity index (χ0n) is 11.3. The maximum absolute atomic E-state index is 12.0. The smallest absolute Gasteiger partial charge is 0.229 e. The molecule has 0 saturated heterocycles. The second-order valence-electron chi connectivity index (χ2n) is 4.22. The van der Waals surface area contributed by atoms with Crippen LogP contribution in [0.3, 0.4) is 0 Å². The van der Waals surface area contributed by atoms with Crippen molar-refractivity contribution < 1.29 is 9.53 Å². The summed E-state index contributed by atoms with van der Waals surface area (Å²) in [6.45, 7) is 0.